The summed E-state index contributed by atoms with van der Waals surface area (Å²) >= 11 is 0. The van der Waals surface area contributed by atoms with Gasteiger partial charge in [0.15, 0.2) is 0 Å². The number of hydrogen-bond donors (Lipinski definition) is 4. The van der Waals surface area contributed by atoms with Gasteiger partial charge in [0, 0.05) is 25.7 Å². The normalized spacial score (nSPS) is 12.1. The van der Waals surface area contributed by atoms with Crippen molar-refractivity contribution >= 4 is 17.7 Å². The average Bonchev–Trinajstić information content (AvgIpc) is 2.77. The summed E-state index contributed by atoms with van der Waals surface area (Å²) in [7, 11) is 1.43. The molecule has 0 saturated carbocycles. The third-order valence-corrected chi connectivity index (χ3v) is 4.92. The van der Waals surface area contributed by atoms with Crippen molar-refractivity contribution in [3.8, 4) is 0 Å². The molecule has 2 aromatic rings. The highest BCUT2D eigenvalue weighted by molar-refractivity contribution is 5.97. The van der Waals surface area contributed by atoms with E-state index < -0.39 is 42.0 Å². The molecule has 0 radical (unpaired) electrons. The van der Waals surface area contributed by atoms with Gasteiger partial charge in [-0.1, -0.05) is 29.8 Å². The van der Waals surface area contributed by atoms with Crippen molar-refractivity contribution in [2.75, 3.05) is 20.1 Å². The molecule has 0 aliphatic carbocycles. The highest BCUT2D eigenvalue weighted by atomic mass is 19.4. The SMILES string of the molecule is CNC(=O)[C@H](CNCc1ccc(C)cc1C)NC(=O)CNC(=O)c1cccc(C(F)(F)F)c1. The summed E-state index contributed by atoms with van der Waals surface area (Å²) in [6, 6.07) is 8.98. The Kier molecular flexibility index (Phi) is 8.98. The van der Waals surface area contributed by atoms with Crippen LogP contribution >= 0.6 is 0 Å². The number of halogens is 3. The first-order chi connectivity index (χ1) is 15.5. The Morgan fingerprint density at radius 3 is 2.39 bits per heavy atom. The molecule has 4 N–H and O–H groups in total. The van der Waals surface area contributed by atoms with Crippen LogP contribution in [0.25, 0.3) is 0 Å². The minimum absolute atomic E-state index is 0.139. The number of hydrogen-bond acceptors (Lipinski definition) is 4. The van der Waals surface area contributed by atoms with E-state index in [1.807, 2.05) is 32.0 Å². The molecule has 0 heterocycles. The van der Waals surface area contributed by atoms with Crippen LogP contribution in [0.3, 0.4) is 0 Å². The lowest BCUT2D eigenvalue weighted by atomic mass is 10.1. The molecule has 1 atom stereocenters. The Morgan fingerprint density at radius 2 is 1.76 bits per heavy atom. The molecule has 3 amide bonds. The van der Waals surface area contributed by atoms with E-state index in [1.165, 1.54) is 13.1 Å². The summed E-state index contributed by atoms with van der Waals surface area (Å²) in [5.74, 6) is -1.92. The zero-order chi connectivity index (χ0) is 24.6. The molecule has 0 fully saturated rings. The van der Waals surface area contributed by atoms with Crippen LogP contribution in [0.15, 0.2) is 42.5 Å². The number of amides is 3. The van der Waals surface area contributed by atoms with Crippen LogP contribution in [0.4, 0.5) is 13.2 Å². The fourth-order valence-corrected chi connectivity index (χ4v) is 3.12. The Hall–Kier alpha value is -3.40. The molecule has 0 spiro atoms. The third-order valence-electron chi connectivity index (χ3n) is 4.92. The molecule has 10 heteroatoms. The number of benzene rings is 2. The fourth-order valence-electron chi connectivity index (χ4n) is 3.12. The molecule has 0 aromatic heterocycles. The van der Waals surface area contributed by atoms with Crippen molar-refractivity contribution in [2.45, 2.75) is 32.6 Å². The lowest BCUT2D eigenvalue weighted by Crippen LogP contribution is -2.53. The zero-order valence-electron chi connectivity index (χ0n) is 18.6. The maximum Gasteiger partial charge on any atom is 0.416 e. The van der Waals surface area contributed by atoms with Crippen molar-refractivity contribution in [2.24, 2.45) is 0 Å². The predicted molar refractivity (Wildman–Crippen MR) is 117 cm³/mol. The van der Waals surface area contributed by atoms with E-state index in [9.17, 15) is 27.6 Å². The molecule has 2 aromatic carbocycles. The van der Waals surface area contributed by atoms with Gasteiger partial charge >= 0.3 is 6.18 Å². The number of alkyl halides is 3. The summed E-state index contributed by atoms with van der Waals surface area (Å²) in [5, 5.41) is 10.4. The second-order valence-corrected chi connectivity index (χ2v) is 7.56. The van der Waals surface area contributed by atoms with Crippen LogP contribution < -0.4 is 21.3 Å². The van der Waals surface area contributed by atoms with Crippen molar-refractivity contribution in [3.63, 3.8) is 0 Å². The lowest BCUT2D eigenvalue weighted by molar-refractivity contribution is -0.137. The number of aryl methyl sites for hydroxylation is 2. The molecule has 0 aliphatic heterocycles. The predicted octanol–water partition coefficient (Wildman–Crippen LogP) is 2.07. The Balaban J connectivity index is 1.90. The standard InChI is InChI=1S/C23H27F3N4O3/c1-14-7-8-17(15(2)9-14)11-28-12-19(22(33)27-3)30-20(31)13-29-21(32)16-5-4-6-18(10-16)23(24,25)26/h4-10,19,28H,11-13H2,1-3H3,(H,27,33)(H,29,32)(H,30,31)/t19-/m0/s1. The summed E-state index contributed by atoms with van der Waals surface area (Å²) in [4.78, 5) is 36.5. The summed E-state index contributed by atoms with van der Waals surface area (Å²) in [6.07, 6.45) is -4.58. The van der Waals surface area contributed by atoms with E-state index in [1.54, 1.807) is 0 Å². The smallest absolute Gasteiger partial charge is 0.357 e. The van der Waals surface area contributed by atoms with Gasteiger partial charge in [-0.25, -0.2) is 0 Å². The van der Waals surface area contributed by atoms with Gasteiger partial charge in [0.1, 0.15) is 6.04 Å². The largest absolute Gasteiger partial charge is 0.416 e. The van der Waals surface area contributed by atoms with Crippen LogP contribution in [0.1, 0.15) is 32.6 Å². The Morgan fingerprint density at radius 1 is 1.03 bits per heavy atom. The van der Waals surface area contributed by atoms with Gasteiger partial charge in [-0.05, 0) is 43.2 Å². The van der Waals surface area contributed by atoms with Gasteiger partial charge < -0.3 is 21.3 Å². The molecule has 2 rings (SSSR count). The highest BCUT2D eigenvalue weighted by Gasteiger charge is 2.31. The Bertz CT molecular complexity index is 1010. The molecule has 0 bridgehead atoms. The molecular weight excluding hydrogens is 437 g/mol. The van der Waals surface area contributed by atoms with E-state index in [0.717, 1.165) is 28.8 Å². The summed E-state index contributed by atoms with van der Waals surface area (Å²) in [6.45, 7) is 4.10. The average molecular weight is 464 g/mol. The topological polar surface area (TPSA) is 99.3 Å². The lowest BCUT2D eigenvalue weighted by Gasteiger charge is -2.19. The number of carbonyl (C=O) groups is 3. The summed E-state index contributed by atoms with van der Waals surface area (Å²) < 4.78 is 38.4. The van der Waals surface area contributed by atoms with E-state index in [4.69, 9.17) is 0 Å². The van der Waals surface area contributed by atoms with E-state index in [0.29, 0.717) is 12.6 Å². The number of nitrogens with one attached hydrogen (secondary N) is 4. The van der Waals surface area contributed by atoms with Crippen LogP contribution in [-0.2, 0) is 22.3 Å². The maximum atomic E-state index is 12.8. The third kappa shape index (κ3) is 7.90. The first kappa shape index (κ1) is 25.9. The molecule has 0 unspecified atom stereocenters. The van der Waals surface area contributed by atoms with Gasteiger partial charge in [-0.2, -0.15) is 13.2 Å². The molecule has 7 nitrogen and oxygen atoms in total. The van der Waals surface area contributed by atoms with E-state index in [-0.39, 0.29) is 12.1 Å². The van der Waals surface area contributed by atoms with Crippen LogP contribution in [0, 0.1) is 13.8 Å². The van der Waals surface area contributed by atoms with Gasteiger partial charge in [-0.3, -0.25) is 14.4 Å². The van der Waals surface area contributed by atoms with E-state index >= 15 is 0 Å². The van der Waals surface area contributed by atoms with Gasteiger partial charge in [0.2, 0.25) is 11.8 Å². The second-order valence-electron chi connectivity index (χ2n) is 7.56. The van der Waals surface area contributed by atoms with Crippen LogP contribution in [-0.4, -0.2) is 43.9 Å². The van der Waals surface area contributed by atoms with Crippen molar-refractivity contribution < 1.29 is 27.6 Å². The van der Waals surface area contributed by atoms with Crippen LogP contribution in [0.5, 0.6) is 0 Å². The molecular formula is C23H27F3N4O3. The number of rotatable bonds is 9. The minimum Gasteiger partial charge on any atom is -0.357 e. The van der Waals surface area contributed by atoms with Crippen molar-refractivity contribution in [1.29, 1.82) is 0 Å². The zero-order valence-corrected chi connectivity index (χ0v) is 18.6. The minimum atomic E-state index is -4.58. The van der Waals surface area contributed by atoms with Crippen LogP contribution in [0.2, 0.25) is 0 Å². The highest BCUT2D eigenvalue weighted by Crippen LogP contribution is 2.29. The van der Waals surface area contributed by atoms with Gasteiger partial charge in [0.05, 0.1) is 12.1 Å². The maximum absolute atomic E-state index is 12.8. The van der Waals surface area contributed by atoms with Gasteiger partial charge in [0.25, 0.3) is 5.91 Å². The monoisotopic (exact) mass is 464 g/mol. The fraction of sp³-hybridized carbons (Fsp3) is 0.348. The quantitative estimate of drug-likeness (QED) is 0.457. The molecule has 178 valence electrons. The second kappa shape index (κ2) is 11.5. The van der Waals surface area contributed by atoms with Crippen molar-refractivity contribution in [1.82, 2.24) is 21.3 Å². The summed E-state index contributed by atoms with van der Waals surface area (Å²) in [5.41, 5.74) is 2.10. The first-order valence-corrected chi connectivity index (χ1v) is 10.2. The molecule has 0 aliphatic rings. The first-order valence-electron chi connectivity index (χ1n) is 10.2. The number of carbonyl (C=O) groups excluding carboxylic acids is 3. The van der Waals surface area contributed by atoms with Gasteiger partial charge in [-0.15, -0.1) is 0 Å². The van der Waals surface area contributed by atoms with Crippen molar-refractivity contribution in [3.05, 3.63) is 70.3 Å². The number of likely N-dealkylation sites (N-methyl/N-ethyl adjacent to an activating group) is 1. The Labute approximate surface area is 190 Å². The molecule has 33 heavy (non-hydrogen) atoms. The van der Waals surface area contributed by atoms with E-state index in [2.05, 4.69) is 21.3 Å². The molecule has 0 saturated heterocycles.